The third kappa shape index (κ3) is 5.16. The lowest BCUT2D eigenvalue weighted by Gasteiger charge is -2.24. The van der Waals surface area contributed by atoms with Gasteiger partial charge < -0.3 is 5.11 Å². The SMILES string of the molecule is Cc1cc(S(=O)(=O)NCC(C)(C)CCCO)ccc1Br. The molecule has 0 aliphatic carbocycles. The number of aliphatic hydroxyl groups is 1. The summed E-state index contributed by atoms with van der Waals surface area (Å²) in [7, 11) is -3.49. The van der Waals surface area contributed by atoms with Gasteiger partial charge in [-0.15, -0.1) is 0 Å². The van der Waals surface area contributed by atoms with E-state index in [1.54, 1.807) is 18.2 Å². The molecule has 1 aromatic carbocycles. The Morgan fingerprint density at radius 3 is 2.55 bits per heavy atom. The van der Waals surface area contributed by atoms with Crippen molar-refractivity contribution in [2.24, 2.45) is 5.41 Å². The van der Waals surface area contributed by atoms with Crippen LogP contribution in [0.15, 0.2) is 27.6 Å². The molecule has 0 aliphatic heterocycles. The Kier molecular flexibility index (Phi) is 6.19. The van der Waals surface area contributed by atoms with Crippen LogP contribution in [-0.4, -0.2) is 26.7 Å². The molecule has 0 radical (unpaired) electrons. The summed E-state index contributed by atoms with van der Waals surface area (Å²) in [5, 5.41) is 8.85. The lowest BCUT2D eigenvalue weighted by atomic mass is 9.88. The zero-order chi connectivity index (χ0) is 15.4. The maximum absolute atomic E-state index is 12.2. The van der Waals surface area contributed by atoms with Gasteiger partial charge >= 0.3 is 0 Å². The molecule has 0 aliphatic rings. The minimum Gasteiger partial charge on any atom is -0.396 e. The maximum atomic E-state index is 12.2. The summed E-state index contributed by atoms with van der Waals surface area (Å²) in [6.07, 6.45) is 1.44. The molecule has 0 spiro atoms. The molecule has 2 N–H and O–H groups in total. The van der Waals surface area contributed by atoms with Gasteiger partial charge in [0.05, 0.1) is 4.90 Å². The Balaban J connectivity index is 2.77. The van der Waals surface area contributed by atoms with Crippen LogP contribution in [0.1, 0.15) is 32.3 Å². The molecule has 4 nitrogen and oxygen atoms in total. The van der Waals surface area contributed by atoms with E-state index in [-0.39, 0.29) is 16.9 Å². The second-order valence-corrected chi connectivity index (χ2v) is 8.35. The quantitative estimate of drug-likeness (QED) is 0.782. The van der Waals surface area contributed by atoms with Crippen molar-refractivity contribution in [2.45, 2.75) is 38.5 Å². The summed E-state index contributed by atoms with van der Waals surface area (Å²) in [5.74, 6) is 0. The summed E-state index contributed by atoms with van der Waals surface area (Å²) in [6, 6.07) is 4.97. The van der Waals surface area contributed by atoms with Gasteiger partial charge in [-0.3, -0.25) is 0 Å². The third-order valence-electron chi connectivity index (χ3n) is 3.19. The summed E-state index contributed by atoms with van der Waals surface area (Å²) in [4.78, 5) is 0.274. The van der Waals surface area contributed by atoms with E-state index < -0.39 is 10.0 Å². The number of hydrogen-bond acceptors (Lipinski definition) is 3. The van der Waals surface area contributed by atoms with Crippen LogP contribution in [0.25, 0.3) is 0 Å². The van der Waals surface area contributed by atoms with Crippen molar-refractivity contribution in [3.05, 3.63) is 28.2 Å². The minimum atomic E-state index is -3.49. The van der Waals surface area contributed by atoms with Crippen LogP contribution in [0.4, 0.5) is 0 Å². The normalized spacial score (nSPS) is 12.7. The third-order valence-corrected chi connectivity index (χ3v) is 5.48. The molecule has 0 heterocycles. The second-order valence-electron chi connectivity index (χ2n) is 5.73. The van der Waals surface area contributed by atoms with E-state index in [9.17, 15) is 8.42 Å². The first-order valence-electron chi connectivity index (χ1n) is 6.55. The minimum absolute atomic E-state index is 0.127. The standard InChI is InChI=1S/C14H22BrNO3S/c1-11-9-12(5-6-13(11)15)20(18,19)16-10-14(2,3)7-4-8-17/h5-6,9,16-17H,4,7-8,10H2,1-3H3. The lowest BCUT2D eigenvalue weighted by molar-refractivity contribution is 0.242. The van der Waals surface area contributed by atoms with E-state index in [1.165, 1.54) is 0 Å². The van der Waals surface area contributed by atoms with Crippen LogP contribution < -0.4 is 4.72 Å². The van der Waals surface area contributed by atoms with Crippen LogP contribution in [0.2, 0.25) is 0 Å². The van der Waals surface area contributed by atoms with Crippen LogP contribution in [-0.2, 0) is 10.0 Å². The van der Waals surface area contributed by atoms with Crippen LogP contribution in [0, 0.1) is 12.3 Å². The monoisotopic (exact) mass is 363 g/mol. The predicted octanol–water partition coefficient (Wildman–Crippen LogP) is 2.83. The number of benzene rings is 1. The molecule has 0 aromatic heterocycles. The first-order chi connectivity index (χ1) is 9.18. The average molecular weight is 364 g/mol. The van der Waals surface area contributed by atoms with E-state index in [0.29, 0.717) is 13.0 Å². The fourth-order valence-electron chi connectivity index (χ4n) is 1.80. The molecule has 0 fully saturated rings. The Hall–Kier alpha value is -0.430. The second kappa shape index (κ2) is 7.02. The molecule has 1 rings (SSSR count). The van der Waals surface area contributed by atoms with Crippen molar-refractivity contribution in [1.29, 1.82) is 0 Å². The number of hydrogen-bond donors (Lipinski definition) is 2. The van der Waals surface area contributed by atoms with Gasteiger partial charge in [0.1, 0.15) is 0 Å². The zero-order valence-corrected chi connectivity index (χ0v) is 14.5. The van der Waals surface area contributed by atoms with Gasteiger partial charge in [0.15, 0.2) is 0 Å². The van der Waals surface area contributed by atoms with Gasteiger partial charge in [-0.25, -0.2) is 13.1 Å². The van der Waals surface area contributed by atoms with Gasteiger partial charge in [-0.05, 0) is 48.9 Å². The number of nitrogens with one attached hydrogen (secondary N) is 1. The number of aryl methyl sites for hydroxylation is 1. The van der Waals surface area contributed by atoms with E-state index >= 15 is 0 Å². The van der Waals surface area contributed by atoms with Crippen molar-refractivity contribution < 1.29 is 13.5 Å². The van der Waals surface area contributed by atoms with Crippen molar-refractivity contribution in [3.63, 3.8) is 0 Å². The molecule has 0 atom stereocenters. The molecule has 0 saturated heterocycles. The highest BCUT2D eigenvalue weighted by Crippen LogP contribution is 2.23. The van der Waals surface area contributed by atoms with E-state index in [0.717, 1.165) is 16.5 Å². The molecule has 0 unspecified atom stereocenters. The fourth-order valence-corrected chi connectivity index (χ4v) is 3.38. The number of rotatable bonds is 7. The number of sulfonamides is 1. The molecule has 0 bridgehead atoms. The van der Waals surface area contributed by atoms with E-state index in [2.05, 4.69) is 20.7 Å². The summed E-state index contributed by atoms with van der Waals surface area (Å²) in [6.45, 7) is 6.30. The maximum Gasteiger partial charge on any atom is 0.240 e. The molecule has 114 valence electrons. The summed E-state index contributed by atoms with van der Waals surface area (Å²) >= 11 is 3.36. The highest BCUT2D eigenvalue weighted by atomic mass is 79.9. The number of halogens is 1. The van der Waals surface area contributed by atoms with Crippen molar-refractivity contribution >= 4 is 26.0 Å². The molecule has 0 amide bonds. The molecular formula is C14H22BrNO3S. The highest BCUT2D eigenvalue weighted by Gasteiger charge is 2.22. The van der Waals surface area contributed by atoms with Crippen molar-refractivity contribution in [3.8, 4) is 0 Å². The average Bonchev–Trinajstić information content (AvgIpc) is 2.37. The molecule has 0 saturated carbocycles. The Bertz CT molecular complexity index is 556. The zero-order valence-electron chi connectivity index (χ0n) is 12.1. The molecular weight excluding hydrogens is 342 g/mol. The Morgan fingerprint density at radius 1 is 1.35 bits per heavy atom. The van der Waals surface area contributed by atoms with Crippen molar-refractivity contribution in [1.82, 2.24) is 4.72 Å². The van der Waals surface area contributed by atoms with Crippen LogP contribution in [0.3, 0.4) is 0 Å². The molecule has 6 heteroatoms. The largest absolute Gasteiger partial charge is 0.396 e. The van der Waals surface area contributed by atoms with Crippen LogP contribution >= 0.6 is 15.9 Å². The number of aliphatic hydroxyl groups excluding tert-OH is 1. The van der Waals surface area contributed by atoms with E-state index in [4.69, 9.17) is 5.11 Å². The van der Waals surface area contributed by atoms with Gasteiger partial charge in [0.25, 0.3) is 0 Å². The predicted molar refractivity (Wildman–Crippen MR) is 84.2 cm³/mol. The van der Waals surface area contributed by atoms with Gasteiger partial charge in [-0.1, -0.05) is 29.8 Å². The topological polar surface area (TPSA) is 66.4 Å². The van der Waals surface area contributed by atoms with Crippen LogP contribution in [0.5, 0.6) is 0 Å². The van der Waals surface area contributed by atoms with Crippen molar-refractivity contribution in [2.75, 3.05) is 13.2 Å². The summed E-state index contributed by atoms with van der Waals surface area (Å²) < 4.78 is 28.0. The van der Waals surface area contributed by atoms with Gasteiger partial charge in [0.2, 0.25) is 10.0 Å². The Morgan fingerprint density at radius 2 is 2.00 bits per heavy atom. The Labute approximate surface area is 129 Å². The van der Waals surface area contributed by atoms with Gasteiger partial charge in [0, 0.05) is 17.6 Å². The molecule has 1 aromatic rings. The highest BCUT2D eigenvalue weighted by molar-refractivity contribution is 9.10. The van der Waals surface area contributed by atoms with Gasteiger partial charge in [-0.2, -0.15) is 0 Å². The first-order valence-corrected chi connectivity index (χ1v) is 8.82. The molecule has 20 heavy (non-hydrogen) atoms. The lowest BCUT2D eigenvalue weighted by Crippen LogP contribution is -2.34. The smallest absolute Gasteiger partial charge is 0.240 e. The summed E-state index contributed by atoms with van der Waals surface area (Å²) in [5.41, 5.74) is 0.702. The first kappa shape index (κ1) is 17.6. The fraction of sp³-hybridized carbons (Fsp3) is 0.571. The van der Waals surface area contributed by atoms with E-state index in [1.807, 2.05) is 20.8 Å².